The summed E-state index contributed by atoms with van der Waals surface area (Å²) in [4.78, 5) is 22.0. The molecule has 0 aliphatic heterocycles. The number of carbonyl (C=O) groups is 2. The maximum absolute atomic E-state index is 12.2. The van der Waals surface area contributed by atoms with Crippen molar-refractivity contribution in [2.75, 3.05) is 5.75 Å². The molecule has 2 unspecified atom stereocenters. The van der Waals surface area contributed by atoms with Crippen molar-refractivity contribution in [2.24, 2.45) is 0 Å². The normalized spacial score (nSPS) is 13.8. The van der Waals surface area contributed by atoms with Crippen LogP contribution >= 0.6 is 11.3 Å². The van der Waals surface area contributed by atoms with E-state index in [4.69, 9.17) is 5.11 Å². The molecular formula is C14H15NO4S2. The molecule has 1 aromatic heterocycles. The van der Waals surface area contributed by atoms with Crippen LogP contribution in [0.5, 0.6) is 0 Å². The molecule has 0 bridgehead atoms. The summed E-state index contributed by atoms with van der Waals surface area (Å²) in [5, 5.41) is 14.3. The number of nitrogens with one attached hydrogen (secondary N) is 1. The highest BCUT2D eigenvalue weighted by Crippen LogP contribution is 2.26. The number of carboxylic acids is 1. The summed E-state index contributed by atoms with van der Waals surface area (Å²) in [7, 11) is -1.36. The second-order valence-corrected chi connectivity index (χ2v) is 7.01. The maximum atomic E-state index is 12.2. The van der Waals surface area contributed by atoms with E-state index in [-0.39, 0.29) is 11.5 Å². The Labute approximate surface area is 128 Å². The molecule has 7 heteroatoms. The van der Waals surface area contributed by atoms with E-state index in [1.54, 1.807) is 11.3 Å². The lowest BCUT2D eigenvalue weighted by Gasteiger charge is -2.12. The van der Waals surface area contributed by atoms with Crippen LogP contribution in [0.1, 0.15) is 12.5 Å². The molecule has 1 amide bonds. The van der Waals surface area contributed by atoms with Gasteiger partial charge in [0.1, 0.15) is 6.04 Å². The van der Waals surface area contributed by atoms with Crippen LogP contribution in [0.2, 0.25) is 0 Å². The third kappa shape index (κ3) is 4.12. The average Bonchev–Trinajstić information content (AvgIpc) is 2.81. The summed E-state index contributed by atoms with van der Waals surface area (Å²) in [6.07, 6.45) is 0. The zero-order valence-corrected chi connectivity index (χ0v) is 13.0. The lowest BCUT2D eigenvalue weighted by atomic mass is 10.2. The van der Waals surface area contributed by atoms with Crippen LogP contribution in [-0.2, 0) is 26.1 Å². The number of aliphatic carboxylic acids is 1. The lowest BCUT2D eigenvalue weighted by molar-refractivity contribution is -0.140. The number of carboxylic acid groups (broad SMARTS) is 1. The van der Waals surface area contributed by atoms with Crippen LogP contribution in [-0.4, -0.2) is 33.0 Å². The smallest absolute Gasteiger partial charge is 0.327 e. The Kier molecular flexibility index (Phi) is 5.08. The number of fused-ring (bicyclic) bond motifs is 1. The SMILES string of the molecule is CC(=O)NC(CS(=O)Cc1csc2ccccc12)C(=O)O. The molecule has 21 heavy (non-hydrogen) atoms. The van der Waals surface area contributed by atoms with Gasteiger partial charge in [-0.15, -0.1) is 11.3 Å². The van der Waals surface area contributed by atoms with Gasteiger partial charge in [-0.3, -0.25) is 9.00 Å². The van der Waals surface area contributed by atoms with E-state index in [2.05, 4.69) is 5.32 Å². The van der Waals surface area contributed by atoms with Crippen LogP contribution in [0.4, 0.5) is 0 Å². The fourth-order valence-electron chi connectivity index (χ4n) is 1.98. The van der Waals surface area contributed by atoms with E-state index in [1.165, 1.54) is 6.92 Å². The van der Waals surface area contributed by atoms with Crippen molar-refractivity contribution in [1.29, 1.82) is 0 Å². The Morgan fingerprint density at radius 1 is 1.38 bits per heavy atom. The average molecular weight is 325 g/mol. The zero-order chi connectivity index (χ0) is 15.4. The van der Waals surface area contributed by atoms with Crippen molar-refractivity contribution in [1.82, 2.24) is 5.32 Å². The molecule has 0 saturated carbocycles. The summed E-state index contributed by atoms with van der Waals surface area (Å²) >= 11 is 1.57. The van der Waals surface area contributed by atoms with Gasteiger partial charge in [-0.1, -0.05) is 18.2 Å². The van der Waals surface area contributed by atoms with Crippen LogP contribution in [0, 0.1) is 0 Å². The molecule has 0 aliphatic rings. The fraction of sp³-hybridized carbons (Fsp3) is 0.286. The molecule has 1 aromatic carbocycles. The van der Waals surface area contributed by atoms with Gasteiger partial charge in [-0.05, 0) is 22.4 Å². The first kappa shape index (κ1) is 15.7. The van der Waals surface area contributed by atoms with Crippen molar-refractivity contribution < 1.29 is 18.9 Å². The maximum Gasteiger partial charge on any atom is 0.327 e. The second kappa shape index (κ2) is 6.82. The number of amides is 1. The van der Waals surface area contributed by atoms with Gasteiger partial charge in [-0.2, -0.15) is 0 Å². The van der Waals surface area contributed by atoms with E-state index >= 15 is 0 Å². The van der Waals surface area contributed by atoms with E-state index in [9.17, 15) is 13.8 Å². The van der Waals surface area contributed by atoms with Crippen LogP contribution in [0.3, 0.4) is 0 Å². The third-order valence-electron chi connectivity index (χ3n) is 2.91. The number of benzene rings is 1. The first-order valence-corrected chi connectivity index (χ1v) is 8.64. The number of thiophene rings is 1. The predicted octanol–water partition coefficient (Wildman–Crippen LogP) is 1.74. The summed E-state index contributed by atoms with van der Waals surface area (Å²) in [6, 6.07) is 6.69. The Morgan fingerprint density at radius 2 is 2.10 bits per heavy atom. The minimum absolute atomic E-state index is 0.0981. The Morgan fingerprint density at radius 3 is 2.76 bits per heavy atom. The van der Waals surface area contributed by atoms with Crippen LogP contribution < -0.4 is 5.32 Å². The molecule has 2 N–H and O–H groups in total. The Bertz CT molecular complexity index is 695. The molecule has 0 aliphatic carbocycles. The van der Waals surface area contributed by atoms with Crippen molar-refractivity contribution in [3.8, 4) is 0 Å². The minimum atomic E-state index is -1.36. The van der Waals surface area contributed by atoms with Crippen molar-refractivity contribution >= 4 is 44.1 Å². The van der Waals surface area contributed by atoms with Gasteiger partial charge in [0.2, 0.25) is 5.91 Å². The van der Waals surface area contributed by atoms with Gasteiger partial charge < -0.3 is 10.4 Å². The molecule has 0 spiro atoms. The van der Waals surface area contributed by atoms with Crippen molar-refractivity contribution in [2.45, 2.75) is 18.7 Å². The summed E-state index contributed by atoms with van der Waals surface area (Å²) in [6.45, 7) is 1.24. The van der Waals surface area contributed by atoms with Gasteiger partial charge in [-0.25, -0.2) is 4.79 Å². The van der Waals surface area contributed by atoms with E-state index < -0.39 is 28.7 Å². The lowest BCUT2D eigenvalue weighted by Crippen LogP contribution is -2.43. The first-order valence-electron chi connectivity index (χ1n) is 6.27. The van der Waals surface area contributed by atoms with E-state index in [0.717, 1.165) is 15.6 Å². The Hall–Kier alpha value is -1.73. The number of rotatable bonds is 6. The summed E-state index contributed by atoms with van der Waals surface area (Å²) in [5.74, 6) is -1.43. The molecule has 1 heterocycles. The topological polar surface area (TPSA) is 83.5 Å². The highest BCUT2D eigenvalue weighted by molar-refractivity contribution is 7.84. The van der Waals surface area contributed by atoms with Gasteiger partial charge in [0.25, 0.3) is 0 Å². The largest absolute Gasteiger partial charge is 0.480 e. The van der Waals surface area contributed by atoms with Crippen LogP contribution in [0.15, 0.2) is 29.6 Å². The third-order valence-corrected chi connectivity index (χ3v) is 5.26. The fourth-order valence-corrected chi connectivity index (χ4v) is 4.35. The van der Waals surface area contributed by atoms with Crippen molar-refractivity contribution in [3.63, 3.8) is 0 Å². The van der Waals surface area contributed by atoms with E-state index in [0.29, 0.717) is 0 Å². The zero-order valence-electron chi connectivity index (χ0n) is 11.4. The molecule has 0 fully saturated rings. The monoisotopic (exact) mass is 325 g/mol. The quantitative estimate of drug-likeness (QED) is 0.847. The summed E-state index contributed by atoms with van der Waals surface area (Å²) < 4.78 is 13.3. The standard InChI is InChI=1S/C14H15NO4S2/c1-9(16)15-12(14(17)18)8-21(19)7-10-6-20-13-5-3-2-4-11(10)13/h2-6,12H,7-8H2,1H3,(H,15,16)(H,17,18). The highest BCUT2D eigenvalue weighted by atomic mass is 32.2. The van der Waals surface area contributed by atoms with Crippen molar-refractivity contribution in [3.05, 3.63) is 35.2 Å². The summed E-state index contributed by atoms with van der Waals surface area (Å²) in [5.41, 5.74) is 0.945. The first-order chi connectivity index (χ1) is 9.97. The molecule has 0 saturated heterocycles. The molecule has 5 nitrogen and oxygen atoms in total. The molecule has 2 rings (SSSR count). The number of hydrogen-bond donors (Lipinski definition) is 2. The van der Waals surface area contributed by atoms with E-state index in [1.807, 2.05) is 29.6 Å². The Balaban J connectivity index is 2.07. The minimum Gasteiger partial charge on any atom is -0.480 e. The highest BCUT2D eigenvalue weighted by Gasteiger charge is 2.21. The number of hydrogen-bond acceptors (Lipinski definition) is 4. The molecule has 2 atom stereocenters. The van der Waals surface area contributed by atoms with Crippen LogP contribution in [0.25, 0.3) is 10.1 Å². The van der Waals surface area contributed by atoms with Gasteiger partial charge >= 0.3 is 5.97 Å². The van der Waals surface area contributed by atoms with Gasteiger partial charge in [0, 0.05) is 22.4 Å². The molecular weight excluding hydrogens is 310 g/mol. The predicted molar refractivity (Wildman–Crippen MR) is 83.8 cm³/mol. The molecule has 2 aromatic rings. The van der Waals surface area contributed by atoms with Gasteiger partial charge in [0.15, 0.2) is 0 Å². The molecule has 0 radical (unpaired) electrons. The number of carbonyl (C=O) groups excluding carboxylic acids is 1. The van der Waals surface area contributed by atoms with Gasteiger partial charge in [0.05, 0.1) is 11.5 Å². The molecule has 112 valence electrons. The second-order valence-electron chi connectivity index (χ2n) is 4.60.